The average molecular weight is 243 g/mol. The molecule has 0 heterocycles. The van der Waals surface area contributed by atoms with Gasteiger partial charge in [0, 0.05) is 0 Å². The van der Waals surface area contributed by atoms with Crippen LogP contribution in [0.4, 0.5) is 0 Å². The summed E-state index contributed by atoms with van der Waals surface area (Å²) in [4.78, 5) is 11.6. The molecule has 2 unspecified atom stereocenters. The van der Waals surface area contributed by atoms with E-state index in [-0.39, 0.29) is 12.0 Å². The van der Waals surface area contributed by atoms with Gasteiger partial charge >= 0.3 is 5.97 Å². The SMILES string of the molecule is CCCCC(CC)CNC(CC)C(=O)OCC. The Kier molecular flexibility index (Phi) is 10.2. The van der Waals surface area contributed by atoms with E-state index < -0.39 is 0 Å². The number of hydrogen-bond donors (Lipinski definition) is 1. The van der Waals surface area contributed by atoms with Crippen LogP contribution in [-0.4, -0.2) is 25.2 Å². The molecular weight excluding hydrogens is 214 g/mol. The molecule has 1 N–H and O–H groups in total. The van der Waals surface area contributed by atoms with Crippen LogP contribution < -0.4 is 5.32 Å². The van der Waals surface area contributed by atoms with Crippen molar-refractivity contribution in [3.05, 3.63) is 0 Å². The van der Waals surface area contributed by atoms with Crippen molar-refractivity contribution in [2.24, 2.45) is 5.92 Å². The number of esters is 1. The number of hydrogen-bond acceptors (Lipinski definition) is 3. The molecule has 0 bridgehead atoms. The van der Waals surface area contributed by atoms with Crippen molar-refractivity contribution in [3.63, 3.8) is 0 Å². The van der Waals surface area contributed by atoms with E-state index in [4.69, 9.17) is 4.74 Å². The Labute approximate surface area is 106 Å². The Bertz CT molecular complexity index is 195. The predicted molar refractivity (Wildman–Crippen MR) is 72.0 cm³/mol. The molecule has 0 aliphatic heterocycles. The van der Waals surface area contributed by atoms with Gasteiger partial charge in [0.05, 0.1) is 6.61 Å². The molecule has 102 valence electrons. The first-order valence-corrected chi connectivity index (χ1v) is 7.09. The molecule has 3 nitrogen and oxygen atoms in total. The number of carbonyl (C=O) groups is 1. The molecule has 0 rings (SSSR count). The lowest BCUT2D eigenvalue weighted by molar-refractivity contribution is -0.145. The topological polar surface area (TPSA) is 38.3 Å². The van der Waals surface area contributed by atoms with Gasteiger partial charge in [-0.15, -0.1) is 0 Å². The van der Waals surface area contributed by atoms with Crippen LogP contribution in [0, 0.1) is 5.92 Å². The van der Waals surface area contributed by atoms with Crippen LogP contribution in [0.3, 0.4) is 0 Å². The molecule has 0 aliphatic carbocycles. The summed E-state index contributed by atoms with van der Waals surface area (Å²) < 4.78 is 5.04. The zero-order chi connectivity index (χ0) is 13.1. The monoisotopic (exact) mass is 243 g/mol. The van der Waals surface area contributed by atoms with Crippen molar-refractivity contribution in [3.8, 4) is 0 Å². The molecule has 0 spiro atoms. The fourth-order valence-corrected chi connectivity index (χ4v) is 1.89. The van der Waals surface area contributed by atoms with Gasteiger partial charge in [0.2, 0.25) is 0 Å². The minimum absolute atomic E-state index is 0.111. The van der Waals surface area contributed by atoms with Crippen molar-refractivity contribution in [2.45, 2.75) is 65.8 Å². The minimum Gasteiger partial charge on any atom is -0.465 e. The third-order valence-electron chi connectivity index (χ3n) is 3.18. The maximum Gasteiger partial charge on any atom is 0.323 e. The van der Waals surface area contributed by atoms with Crippen LogP contribution >= 0.6 is 0 Å². The smallest absolute Gasteiger partial charge is 0.323 e. The zero-order valence-corrected chi connectivity index (χ0v) is 11.9. The summed E-state index contributed by atoms with van der Waals surface area (Å²) in [5.41, 5.74) is 0. The summed E-state index contributed by atoms with van der Waals surface area (Å²) in [6, 6.07) is -0.134. The molecule has 2 atom stereocenters. The minimum atomic E-state index is -0.134. The lowest BCUT2D eigenvalue weighted by atomic mass is 9.99. The second-order valence-corrected chi connectivity index (χ2v) is 4.54. The Morgan fingerprint density at radius 2 is 1.88 bits per heavy atom. The van der Waals surface area contributed by atoms with Crippen molar-refractivity contribution >= 4 is 5.97 Å². The highest BCUT2D eigenvalue weighted by Gasteiger charge is 2.18. The first-order chi connectivity index (χ1) is 8.19. The Morgan fingerprint density at radius 3 is 2.35 bits per heavy atom. The molecule has 0 amide bonds. The van der Waals surface area contributed by atoms with E-state index in [1.807, 2.05) is 13.8 Å². The van der Waals surface area contributed by atoms with E-state index in [0.29, 0.717) is 12.5 Å². The molecule has 0 aromatic rings. The summed E-state index contributed by atoms with van der Waals surface area (Å²) in [5, 5.41) is 3.34. The van der Waals surface area contributed by atoms with Gasteiger partial charge in [0.1, 0.15) is 6.04 Å². The normalized spacial score (nSPS) is 14.4. The fraction of sp³-hybridized carbons (Fsp3) is 0.929. The van der Waals surface area contributed by atoms with Gasteiger partial charge in [-0.25, -0.2) is 0 Å². The Balaban J connectivity index is 3.97. The summed E-state index contributed by atoms with van der Waals surface area (Å²) in [6.45, 7) is 9.68. The largest absolute Gasteiger partial charge is 0.465 e. The van der Waals surface area contributed by atoms with Crippen LogP contribution in [0.1, 0.15) is 59.8 Å². The maximum atomic E-state index is 11.6. The highest BCUT2D eigenvalue weighted by Crippen LogP contribution is 2.11. The van der Waals surface area contributed by atoms with E-state index in [0.717, 1.165) is 13.0 Å². The van der Waals surface area contributed by atoms with E-state index in [1.165, 1.54) is 25.7 Å². The lowest BCUT2D eigenvalue weighted by Gasteiger charge is -2.20. The van der Waals surface area contributed by atoms with Gasteiger partial charge in [0.15, 0.2) is 0 Å². The van der Waals surface area contributed by atoms with Crippen molar-refractivity contribution in [2.75, 3.05) is 13.2 Å². The van der Waals surface area contributed by atoms with Gasteiger partial charge in [0.25, 0.3) is 0 Å². The highest BCUT2D eigenvalue weighted by atomic mass is 16.5. The van der Waals surface area contributed by atoms with E-state index in [1.54, 1.807) is 0 Å². The van der Waals surface area contributed by atoms with Crippen LogP contribution in [0.25, 0.3) is 0 Å². The second-order valence-electron chi connectivity index (χ2n) is 4.54. The van der Waals surface area contributed by atoms with Crippen LogP contribution in [-0.2, 0) is 9.53 Å². The number of unbranched alkanes of at least 4 members (excludes halogenated alkanes) is 1. The summed E-state index contributed by atoms with van der Waals surface area (Å²) in [7, 11) is 0. The fourth-order valence-electron chi connectivity index (χ4n) is 1.89. The highest BCUT2D eigenvalue weighted by molar-refractivity contribution is 5.75. The summed E-state index contributed by atoms with van der Waals surface area (Å²) in [6.07, 6.45) is 5.73. The molecule has 0 saturated carbocycles. The van der Waals surface area contributed by atoms with Crippen LogP contribution in [0.2, 0.25) is 0 Å². The molecule has 0 aromatic heterocycles. The molecule has 3 heteroatoms. The molecular formula is C14H29NO2. The number of ether oxygens (including phenoxy) is 1. The van der Waals surface area contributed by atoms with Gasteiger partial charge in [-0.05, 0) is 32.2 Å². The molecule has 0 radical (unpaired) electrons. The number of nitrogens with one attached hydrogen (secondary N) is 1. The van der Waals surface area contributed by atoms with Gasteiger partial charge in [-0.1, -0.05) is 40.0 Å². The first kappa shape index (κ1) is 16.4. The van der Waals surface area contributed by atoms with Crippen molar-refractivity contribution < 1.29 is 9.53 Å². The number of carbonyl (C=O) groups excluding carboxylic acids is 1. The molecule has 0 aliphatic rings. The lowest BCUT2D eigenvalue weighted by Crippen LogP contribution is -2.40. The average Bonchev–Trinajstić information content (AvgIpc) is 2.34. The van der Waals surface area contributed by atoms with Crippen LogP contribution in [0.5, 0.6) is 0 Å². The van der Waals surface area contributed by atoms with Gasteiger partial charge < -0.3 is 10.1 Å². The van der Waals surface area contributed by atoms with Crippen molar-refractivity contribution in [1.82, 2.24) is 5.32 Å². The summed E-state index contributed by atoms with van der Waals surface area (Å²) in [5.74, 6) is 0.568. The number of rotatable bonds is 10. The zero-order valence-electron chi connectivity index (χ0n) is 11.9. The van der Waals surface area contributed by atoms with E-state index >= 15 is 0 Å². The molecule has 0 aromatic carbocycles. The molecule has 17 heavy (non-hydrogen) atoms. The first-order valence-electron chi connectivity index (χ1n) is 7.09. The molecule has 0 fully saturated rings. The standard InChI is InChI=1S/C14H29NO2/c1-5-9-10-12(6-2)11-15-13(7-3)14(16)17-8-4/h12-13,15H,5-11H2,1-4H3. The van der Waals surface area contributed by atoms with Gasteiger partial charge in [-0.3, -0.25) is 4.79 Å². The molecule has 0 saturated heterocycles. The van der Waals surface area contributed by atoms with Crippen molar-refractivity contribution in [1.29, 1.82) is 0 Å². The van der Waals surface area contributed by atoms with Crippen LogP contribution in [0.15, 0.2) is 0 Å². The maximum absolute atomic E-state index is 11.6. The predicted octanol–water partition coefficient (Wildman–Crippen LogP) is 3.13. The third kappa shape index (κ3) is 7.37. The van der Waals surface area contributed by atoms with Gasteiger partial charge in [-0.2, -0.15) is 0 Å². The quantitative estimate of drug-likeness (QED) is 0.599. The van der Waals surface area contributed by atoms with E-state index in [9.17, 15) is 4.79 Å². The van der Waals surface area contributed by atoms with E-state index in [2.05, 4.69) is 19.2 Å². The Morgan fingerprint density at radius 1 is 1.18 bits per heavy atom. The second kappa shape index (κ2) is 10.6. The summed E-state index contributed by atoms with van der Waals surface area (Å²) >= 11 is 0. The third-order valence-corrected chi connectivity index (χ3v) is 3.18. The Hall–Kier alpha value is -0.570.